The van der Waals surface area contributed by atoms with Crippen LogP contribution in [0.3, 0.4) is 0 Å². The second-order valence-electron chi connectivity index (χ2n) is 10.3. The lowest BCUT2D eigenvalue weighted by molar-refractivity contribution is 0.105. The second kappa shape index (κ2) is 15.1. The largest absolute Gasteiger partial charge is 0.340 e. The number of ether oxygens (including phenoxy) is 3. The van der Waals surface area contributed by atoms with E-state index in [1.807, 2.05) is 0 Å². The number of nitrogens with two attached hydrogens (primary N) is 3. The van der Waals surface area contributed by atoms with E-state index in [0.717, 1.165) is 21.3 Å². The Bertz CT molecular complexity index is 1870. The molecule has 0 aliphatic carbocycles. The molecular weight excluding hydrogens is 733 g/mol. The molecule has 0 fully saturated rings. The molecule has 0 saturated heterocycles. The average Bonchev–Trinajstić information content (AvgIpc) is 3.07. The maximum Gasteiger partial charge on any atom is 0.340 e. The first-order chi connectivity index (χ1) is 23.9. The molecule has 0 aliphatic rings. The van der Waals surface area contributed by atoms with Crippen molar-refractivity contribution >= 4 is 65.0 Å². The van der Waals surface area contributed by atoms with E-state index in [0.29, 0.717) is 0 Å². The molecule has 276 valence electrons. The first-order valence-corrected chi connectivity index (χ1v) is 18.9. The molecule has 4 aromatic rings. The van der Waals surface area contributed by atoms with E-state index >= 15 is 0 Å². The van der Waals surface area contributed by atoms with Gasteiger partial charge in [0.2, 0.25) is 17.8 Å². The van der Waals surface area contributed by atoms with Gasteiger partial charge >= 0.3 is 15.5 Å². The van der Waals surface area contributed by atoms with E-state index in [9.17, 15) is 25.3 Å². The van der Waals surface area contributed by atoms with Crippen LogP contribution in [0.4, 0.5) is 34.9 Å². The van der Waals surface area contributed by atoms with Crippen molar-refractivity contribution in [1.29, 1.82) is 0 Å². The van der Waals surface area contributed by atoms with Gasteiger partial charge in [0.1, 0.15) is 0 Å². The summed E-state index contributed by atoms with van der Waals surface area (Å²) in [5, 5.41) is 23.8. The number of aromatic nitrogens is 3. The van der Waals surface area contributed by atoms with E-state index < -0.39 is 63.5 Å². The van der Waals surface area contributed by atoms with Crippen LogP contribution in [0.15, 0.2) is 91.0 Å². The summed E-state index contributed by atoms with van der Waals surface area (Å²) in [5.41, 5.74) is 0.600. The maximum absolute atomic E-state index is 13.1. The molecule has 1 heterocycles. The summed E-state index contributed by atoms with van der Waals surface area (Å²) in [6.07, 6.45) is 0. The number of hydrogen-bond acceptors (Lipinski definition) is 18. The molecule has 3 atom stereocenters. The Kier molecular flexibility index (Phi) is 11.5. The predicted octanol–water partition coefficient (Wildman–Crippen LogP) is 0.0822. The summed E-state index contributed by atoms with van der Waals surface area (Å²) in [4.78, 5) is 12.3. The smallest absolute Gasteiger partial charge is 0.328 e. The number of primary sulfonamides is 3. The van der Waals surface area contributed by atoms with Crippen molar-refractivity contribution in [3.63, 3.8) is 0 Å². The average molecular weight is 769 g/mol. The Balaban J connectivity index is 1.93. The molecule has 0 saturated carbocycles. The molecule has 0 amide bonds. The molecule has 24 heteroatoms. The van der Waals surface area contributed by atoms with Gasteiger partial charge in [0.05, 0.1) is 0 Å². The van der Waals surface area contributed by atoms with Gasteiger partial charge in [-0.25, -0.2) is 40.7 Å². The van der Waals surface area contributed by atoms with Gasteiger partial charge in [-0.2, -0.15) is 15.0 Å². The minimum absolute atomic E-state index is 0.200. The van der Waals surface area contributed by atoms with Crippen molar-refractivity contribution < 1.29 is 39.5 Å². The molecule has 0 aliphatic heterocycles. The highest BCUT2D eigenvalue weighted by Gasteiger charge is 2.47. The van der Waals surface area contributed by atoms with Crippen LogP contribution < -0.4 is 47.3 Å². The van der Waals surface area contributed by atoms with Crippen LogP contribution in [0, 0.1) is 0 Å². The van der Waals surface area contributed by atoms with E-state index in [-0.39, 0.29) is 17.1 Å². The van der Waals surface area contributed by atoms with Crippen molar-refractivity contribution in [2.45, 2.75) is 15.5 Å². The maximum atomic E-state index is 13.1. The topological polar surface area (TPSA) is 319 Å². The van der Waals surface area contributed by atoms with Gasteiger partial charge in [0.25, 0.3) is 30.1 Å². The standard InChI is InChI=1S/C27H36N12O9S3/c1-46-25(49(28,40)41,34-19-13-7-4-8-14-19)37-22-31-23(38-26(47-2,50(29,42)43)35-20-15-9-5-10-16-20)33-24(32-22)39-27(48-3,51(30,44)45)36-21-17-11-6-12-18-21/h4-18,34-36H,1-3H3,(H2,28,40,41)(H2,29,42,43)(H2,30,44,45)(H3,31,32,33,37,38,39). The van der Waals surface area contributed by atoms with Crippen molar-refractivity contribution in [1.82, 2.24) is 15.0 Å². The van der Waals surface area contributed by atoms with Crippen molar-refractivity contribution in [3.05, 3.63) is 91.0 Å². The fourth-order valence-corrected chi connectivity index (χ4v) is 6.47. The Morgan fingerprint density at radius 2 is 0.647 bits per heavy atom. The Morgan fingerprint density at radius 1 is 0.431 bits per heavy atom. The van der Waals surface area contributed by atoms with Crippen LogP contribution in [0.25, 0.3) is 0 Å². The van der Waals surface area contributed by atoms with E-state index in [1.54, 1.807) is 54.6 Å². The Labute approximate surface area is 293 Å². The normalized spacial score (nSPS) is 15.6. The summed E-state index contributed by atoms with van der Waals surface area (Å²) in [5.74, 6) is -2.10. The van der Waals surface area contributed by atoms with E-state index in [1.165, 1.54) is 36.4 Å². The monoisotopic (exact) mass is 768 g/mol. The van der Waals surface area contributed by atoms with Crippen LogP contribution in [-0.4, -0.2) is 77.1 Å². The third kappa shape index (κ3) is 8.88. The van der Waals surface area contributed by atoms with Crippen molar-refractivity contribution in [2.24, 2.45) is 15.4 Å². The number of sulfonamides is 3. The van der Waals surface area contributed by atoms with Gasteiger partial charge in [0.15, 0.2) is 0 Å². The summed E-state index contributed by atoms with van der Waals surface area (Å²) < 4.78 is 94.3. The summed E-state index contributed by atoms with van der Waals surface area (Å²) in [6.45, 7) is 0. The predicted molar refractivity (Wildman–Crippen MR) is 189 cm³/mol. The minimum Gasteiger partial charge on any atom is -0.328 e. The number of methoxy groups -OCH3 is 3. The number of benzene rings is 3. The van der Waals surface area contributed by atoms with Crippen LogP contribution >= 0.6 is 0 Å². The number of para-hydroxylation sites is 3. The fraction of sp³-hybridized carbons (Fsp3) is 0.222. The first kappa shape index (κ1) is 38.9. The van der Waals surface area contributed by atoms with Crippen molar-refractivity contribution in [2.75, 3.05) is 53.2 Å². The molecule has 3 unspecified atom stereocenters. The highest BCUT2D eigenvalue weighted by atomic mass is 32.2. The van der Waals surface area contributed by atoms with E-state index in [4.69, 9.17) is 29.6 Å². The SMILES string of the molecule is COC(Nc1ccccc1)(Nc1nc(NC(Nc2ccccc2)(OC)S(N)(=O)=O)nc(NC(Nc2ccccc2)(OC)S(N)(=O)=O)n1)S(N)(=O)=O. The third-order valence-electron chi connectivity index (χ3n) is 6.78. The molecule has 4 rings (SSSR count). The Morgan fingerprint density at radius 3 is 0.824 bits per heavy atom. The fourth-order valence-electron chi connectivity index (χ4n) is 4.29. The van der Waals surface area contributed by atoms with E-state index in [2.05, 4.69) is 46.9 Å². The molecule has 21 nitrogen and oxygen atoms in total. The molecule has 51 heavy (non-hydrogen) atoms. The number of anilines is 6. The van der Waals surface area contributed by atoms with Gasteiger partial charge in [-0.05, 0) is 36.4 Å². The number of rotatable bonds is 18. The van der Waals surface area contributed by atoms with Crippen LogP contribution in [0.5, 0.6) is 0 Å². The van der Waals surface area contributed by atoms with Gasteiger partial charge < -0.3 is 30.2 Å². The molecule has 0 spiro atoms. The lowest BCUT2D eigenvalue weighted by Crippen LogP contribution is -2.59. The Hall–Kier alpha value is -4.92. The highest BCUT2D eigenvalue weighted by molar-refractivity contribution is 7.91. The zero-order valence-electron chi connectivity index (χ0n) is 27.1. The quantitative estimate of drug-likeness (QED) is 0.0605. The number of nitrogens with one attached hydrogen (secondary N) is 6. The number of hydrogen-bond donors (Lipinski definition) is 9. The van der Waals surface area contributed by atoms with Crippen LogP contribution in [0.2, 0.25) is 0 Å². The van der Waals surface area contributed by atoms with Crippen LogP contribution in [-0.2, 0) is 44.3 Å². The van der Waals surface area contributed by atoms with Crippen LogP contribution in [0.1, 0.15) is 0 Å². The summed E-state index contributed by atoms with van der Waals surface area (Å²) >= 11 is 0. The summed E-state index contributed by atoms with van der Waals surface area (Å²) in [7, 11) is -11.4. The zero-order chi connectivity index (χ0) is 37.6. The minimum atomic E-state index is -4.80. The first-order valence-electron chi connectivity index (χ1n) is 14.2. The van der Waals surface area contributed by atoms with Gasteiger partial charge in [-0.15, -0.1) is 0 Å². The molecule has 3 aromatic carbocycles. The number of nitrogens with zero attached hydrogens (tertiary/aromatic N) is 3. The zero-order valence-corrected chi connectivity index (χ0v) is 29.6. The van der Waals surface area contributed by atoms with Gasteiger partial charge in [0, 0.05) is 38.4 Å². The molecule has 1 aromatic heterocycles. The van der Waals surface area contributed by atoms with Crippen molar-refractivity contribution in [3.8, 4) is 0 Å². The lowest BCUT2D eigenvalue weighted by atomic mass is 10.3. The van der Waals surface area contributed by atoms with Gasteiger partial charge in [-0.1, -0.05) is 54.6 Å². The third-order valence-corrected chi connectivity index (χ3v) is 10.3. The second-order valence-corrected chi connectivity index (χ2v) is 15.2. The molecule has 0 bridgehead atoms. The molecule has 0 radical (unpaired) electrons. The molecular formula is C27H36N12O9S3. The molecule has 12 N–H and O–H groups in total. The highest BCUT2D eigenvalue weighted by Crippen LogP contribution is 2.28. The lowest BCUT2D eigenvalue weighted by Gasteiger charge is -2.34. The summed E-state index contributed by atoms with van der Waals surface area (Å²) in [6, 6.07) is 23.5. The van der Waals surface area contributed by atoms with Gasteiger partial charge in [-0.3, -0.25) is 16.0 Å².